The van der Waals surface area contributed by atoms with E-state index in [2.05, 4.69) is 0 Å². The van der Waals surface area contributed by atoms with Crippen molar-refractivity contribution in [3.8, 4) is 22.6 Å². The fraction of sp³-hybridized carbons (Fsp3) is 0.280. The van der Waals surface area contributed by atoms with Crippen molar-refractivity contribution >= 4 is 28.4 Å². The van der Waals surface area contributed by atoms with Crippen LogP contribution >= 0.6 is 0 Å². The van der Waals surface area contributed by atoms with Gasteiger partial charge in [-0.15, -0.1) is 0 Å². The molecule has 1 aliphatic rings. The number of fused-ring (bicyclic) bond motifs is 1. The number of para-hydroxylation sites is 1. The molecule has 1 amide bonds. The molecule has 0 saturated carbocycles. The van der Waals surface area contributed by atoms with Crippen molar-refractivity contribution in [1.82, 2.24) is 4.90 Å². The number of rotatable bonds is 6. The Balaban J connectivity index is 1.77. The van der Waals surface area contributed by atoms with E-state index in [0.29, 0.717) is 36.3 Å². The molecule has 1 fully saturated rings. The van der Waals surface area contributed by atoms with E-state index in [1.54, 1.807) is 26.5 Å². The molecule has 2 aromatic carbocycles. The molecule has 0 radical (unpaired) electrons. The van der Waals surface area contributed by atoms with Crippen LogP contribution < -0.4 is 9.47 Å². The van der Waals surface area contributed by atoms with Crippen LogP contribution in [0.15, 0.2) is 53.2 Å². The van der Waals surface area contributed by atoms with Gasteiger partial charge in [-0.05, 0) is 37.5 Å². The van der Waals surface area contributed by atoms with Gasteiger partial charge in [0, 0.05) is 40.8 Å². The maximum atomic E-state index is 12.8. The number of aliphatic carboxylic acids is 1. The lowest BCUT2D eigenvalue weighted by molar-refractivity contribution is -0.146. The van der Waals surface area contributed by atoms with Crippen LogP contribution in [-0.2, 0) is 9.59 Å². The Labute approximate surface area is 185 Å². The van der Waals surface area contributed by atoms with Gasteiger partial charge in [-0.1, -0.05) is 18.2 Å². The molecule has 1 aromatic heterocycles. The van der Waals surface area contributed by atoms with Crippen molar-refractivity contribution < 1.29 is 28.6 Å². The Kier molecular flexibility index (Phi) is 5.90. The van der Waals surface area contributed by atoms with Gasteiger partial charge in [0.15, 0.2) is 0 Å². The summed E-state index contributed by atoms with van der Waals surface area (Å²) >= 11 is 0. The topological polar surface area (TPSA) is 89.2 Å². The molecule has 1 aliphatic heterocycles. The molecular weight excluding hydrogens is 410 g/mol. The highest BCUT2D eigenvalue weighted by Crippen LogP contribution is 2.40. The molecule has 1 saturated heterocycles. The van der Waals surface area contributed by atoms with Crippen LogP contribution in [0.2, 0.25) is 0 Å². The van der Waals surface area contributed by atoms with Crippen LogP contribution in [0.1, 0.15) is 25.3 Å². The number of amides is 1. The molecule has 7 nitrogen and oxygen atoms in total. The van der Waals surface area contributed by atoms with Crippen LogP contribution in [0.25, 0.3) is 27.7 Å². The van der Waals surface area contributed by atoms with Gasteiger partial charge in [0.25, 0.3) is 0 Å². The third kappa shape index (κ3) is 3.82. The predicted octanol–water partition coefficient (Wildman–Crippen LogP) is 4.60. The van der Waals surface area contributed by atoms with Gasteiger partial charge in [-0.25, -0.2) is 4.79 Å². The Morgan fingerprint density at radius 2 is 1.88 bits per heavy atom. The number of allylic oxidation sites excluding steroid dienone is 1. The van der Waals surface area contributed by atoms with Crippen LogP contribution in [0.5, 0.6) is 11.5 Å². The Morgan fingerprint density at radius 1 is 1.12 bits per heavy atom. The summed E-state index contributed by atoms with van der Waals surface area (Å²) in [5.41, 5.74) is 3.82. The number of nitrogens with zero attached hydrogens (tertiary/aromatic N) is 1. The molecule has 1 atom stereocenters. The summed E-state index contributed by atoms with van der Waals surface area (Å²) < 4.78 is 16.8. The summed E-state index contributed by atoms with van der Waals surface area (Å²) in [7, 11) is 3.18. The number of hydrogen-bond donors (Lipinski definition) is 1. The van der Waals surface area contributed by atoms with E-state index in [1.165, 1.54) is 11.0 Å². The van der Waals surface area contributed by atoms with Crippen molar-refractivity contribution in [3.05, 3.63) is 54.3 Å². The largest absolute Gasteiger partial charge is 0.496 e. The number of likely N-dealkylation sites (tertiary alicyclic amines) is 1. The Morgan fingerprint density at radius 3 is 2.59 bits per heavy atom. The summed E-state index contributed by atoms with van der Waals surface area (Å²) in [4.78, 5) is 25.7. The molecule has 0 bridgehead atoms. The fourth-order valence-electron chi connectivity index (χ4n) is 4.24. The minimum Gasteiger partial charge on any atom is -0.496 e. The molecule has 166 valence electrons. The Bertz CT molecular complexity index is 1210. The molecule has 7 heteroatoms. The average molecular weight is 435 g/mol. The number of carbonyl (C=O) groups excluding carboxylic acids is 1. The lowest BCUT2D eigenvalue weighted by atomic mass is 9.98. The smallest absolute Gasteiger partial charge is 0.326 e. The lowest BCUT2D eigenvalue weighted by Gasteiger charge is -2.20. The summed E-state index contributed by atoms with van der Waals surface area (Å²) in [5, 5.41) is 10.2. The molecule has 0 spiro atoms. The quantitative estimate of drug-likeness (QED) is 0.570. The first-order valence-corrected chi connectivity index (χ1v) is 10.4. The number of hydrogen-bond acceptors (Lipinski definition) is 5. The highest BCUT2D eigenvalue weighted by Gasteiger charge is 2.33. The maximum absolute atomic E-state index is 12.8. The zero-order chi connectivity index (χ0) is 22.8. The highest BCUT2D eigenvalue weighted by molar-refractivity contribution is 6.01. The molecule has 1 unspecified atom stereocenters. The third-order valence-corrected chi connectivity index (χ3v) is 5.88. The molecule has 4 rings (SSSR count). The second-order valence-corrected chi connectivity index (χ2v) is 7.75. The van der Waals surface area contributed by atoms with Crippen molar-refractivity contribution in [2.75, 3.05) is 20.8 Å². The van der Waals surface area contributed by atoms with Gasteiger partial charge < -0.3 is 23.9 Å². The molecule has 32 heavy (non-hydrogen) atoms. The Hall–Kier alpha value is -3.74. The lowest BCUT2D eigenvalue weighted by Crippen LogP contribution is -2.39. The fourth-order valence-corrected chi connectivity index (χ4v) is 4.24. The van der Waals surface area contributed by atoms with E-state index >= 15 is 0 Å². The van der Waals surface area contributed by atoms with Gasteiger partial charge >= 0.3 is 5.97 Å². The van der Waals surface area contributed by atoms with Crippen LogP contribution in [0, 0.1) is 0 Å². The maximum Gasteiger partial charge on any atom is 0.326 e. The first kappa shape index (κ1) is 21.5. The van der Waals surface area contributed by atoms with Gasteiger partial charge in [0.1, 0.15) is 23.1 Å². The van der Waals surface area contributed by atoms with Crippen molar-refractivity contribution in [2.45, 2.75) is 25.8 Å². The number of carbonyl (C=O) groups is 2. The average Bonchev–Trinajstić information content (AvgIpc) is 3.45. The third-order valence-electron chi connectivity index (χ3n) is 5.88. The van der Waals surface area contributed by atoms with Crippen LogP contribution in [0.3, 0.4) is 0 Å². The number of carboxylic acids is 1. The normalized spacial score (nSPS) is 16.4. The zero-order valence-corrected chi connectivity index (χ0v) is 18.3. The van der Waals surface area contributed by atoms with Gasteiger partial charge in [-0.2, -0.15) is 0 Å². The van der Waals surface area contributed by atoms with Crippen LogP contribution in [0.4, 0.5) is 0 Å². The number of benzene rings is 2. The van der Waals surface area contributed by atoms with E-state index < -0.39 is 12.0 Å². The molecule has 1 N–H and O–H groups in total. The van der Waals surface area contributed by atoms with E-state index in [9.17, 15) is 14.7 Å². The van der Waals surface area contributed by atoms with E-state index in [4.69, 9.17) is 13.9 Å². The summed E-state index contributed by atoms with van der Waals surface area (Å²) in [6.45, 7) is 2.26. The number of furan rings is 1. The standard InChI is InChI=1S/C25H25NO6/c1-15(11-24(27)26-10-6-8-20(26)25(28)29)17-12-18-19(14-32-23(18)13-22(17)31-3)16-7-4-5-9-21(16)30-2/h4-5,7,9,11-14,20H,6,8,10H2,1-3H3,(H,28,29)/b15-11+. The first-order chi connectivity index (χ1) is 15.4. The minimum atomic E-state index is -0.972. The van der Waals surface area contributed by atoms with E-state index in [-0.39, 0.29) is 5.91 Å². The van der Waals surface area contributed by atoms with Crippen molar-refractivity contribution in [3.63, 3.8) is 0 Å². The predicted molar refractivity (Wildman–Crippen MR) is 121 cm³/mol. The van der Waals surface area contributed by atoms with Crippen LogP contribution in [-0.4, -0.2) is 48.7 Å². The summed E-state index contributed by atoms with van der Waals surface area (Å²) in [6, 6.07) is 10.6. The number of carboxylic acid groups (broad SMARTS) is 1. The first-order valence-electron chi connectivity index (χ1n) is 10.4. The highest BCUT2D eigenvalue weighted by atomic mass is 16.5. The minimum absolute atomic E-state index is 0.313. The van der Waals surface area contributed by atoms with Gasteiger partial charge in [0.2, 0.25) is 5.91 Å². The summed E-state index contributed by atoms with van der Waals surface area (Å²) in [6.07, 6.45) is 4.31. The molecular formula is C25H25NO6. The van der Waals surface area contributed by atoms with Gasteiger partial charge in [-0.3, -0.25) is 4.79 Å². The SMILES string of the molecule is COc1cc2occ(-c3ccccc3OC)c2cc1/C(C)=C/C(=O)N1CCCC1C(=O)O. The summed E-state index contributed by atoms with van der Waals surface area (Å²) in [5.74, 6) is 0.00684. The second kappa shape index (κ2) is 8.78. The molecule has 0 aliphatic carbocycles. The van der Waals surface area contributed by atoms with Crippen molar-refractivity contribution in [2.24, 2.45) is 0 Å². The van der Waals surface area contributed by atoms with E-state index in [0.717, 1.165) is 27.8 Å². The van der Waals surface area contributed by atoms with E-state index in [1.807, 2.05) is 37.3 Å². The molecule has 3 aromatic rings. The van der Waals surface area contributed by atoms with Crippen molar-refractivity contribution in [1.29, 1.82) is 0 Å². The monoisotopic (exact) mass is 435 g/mol. The number of ether oxygens (including phenoxy) is 2. The zero-order valence-electron chi connectivity index (χ0n) is 18.3. The van der Waals surface area contributed by atoms with Gasteiger partial charge in [0.05, 0.1) is 20.5 Å². The molecule has 2 heterocycles. The second-order valence-electron chi connectivity index (χ2n) is 7.75. The number of methoxy groups -OCH3 is 2.